The van der Waals surface area contributed by atoms with Crippen LogP contribution in [-0.4, -0.2) is 35.6 Å². The first kappa shape index (κ1) is 13.6. The second-order valence-electron chi connectivity index (χ2n) is 2.49. The molecule has 0 spiro atoms. The van der Waals surface area contributed by atoms with Crippen LogP contribution in [0.25, 0.3) is 0 Å². The topological polar surface area (TPSA) is 86.7 Å². The SMILES string of the molecule is C/C=C/C(OS(C)(=O)=O)OS(C)(=O)=O. The van der Waals surface area contributed by atoms with E-state index >= 15 is 0 Å². The van der Waals surface area contributed by atoms with Crippen LogP contribution in [0.15, 0.2) is 12.2 Å². The third-order valence-corrected chi connectivity index (χ3v) is 1.97. The quantitative estimate of drug-likeness (QED) is 0.379. The Morgan fingerprint density at radius 3 is 1.57 bits per heavy atom. The maximum atomic E-state index is 10.7. The molecule has 0 bridgehead atoms. The van der Waals surface area contributed by atoms with Crippen molar-refractivity contribution in [3.05, 3.63) is 12.2 Å². The first-order valence-corrected chi connectivity index (χ1v) is 7.16. The highest BCUT2D eigenvalue weighted by Gasteiger charge is 2.17. The van der Waals surface area contributed by atoms with Crippen LogP contribution < -0.4 is 0 Å². The predicted octanol–water partition coefficient (Wildman–Crippen LogP) is -0.159. The van der Waals surface area contributed by atoms with Gasteiger partial charge in [-0.1, -0.05) is 6.08 Å². The summed E-state index contributed by atoms with van der Waals surface area (Å²) < 4.78 is 51.4. The molecule has 0 rings (SSSR count). The third-order valence-electron chi connectivity index (χ3n) is 0.889. The van der Waals surface area contributed by atoms with Gasteiger partial charge >= 0.3 is 0 Å². The van der Waals surface area contributed by atoms with E-state index in [9.17, 15) is 16.8 Å². The zero-order valence-corrected chi connectivity index (χ0v) is 9.63. The maximum absolute atomic E-state index is 10.7. The van der Waals surface area contributed by atoms with E-state index in [2.05, 4.69) is 8.37 Å². The van der Waals surface area contributed by atoms with E-state index in [4.69, 9.17) is 0 Å². The predicted molar refractivity (Wildman–Crippen MR) is 50.5 cm³/mol. The summed E-state index contributed by atoms with van der Waals surface area (Å²) in [5, 5.41) is 0. The maximum Gasteiger partial charge on any atom is 0.267 e. The van der Waals surface area contributed by atoms with Gasteiger partial charge in [-0.05, 0) is 13.0 Å². The molecule has 0 saturated carbocycles. The summed E-state index contributed by atoms with van der Waals surface area (Å²) in [5.41, 5.74) is 0. The number of hydrogen-bond acceptors (Lipinski definition) is 6. The lowest BCUT2D eigenvalue weighted by molar-refractivity contribution is 0.0615. The molecule has 8 heteroatoms. The van der Waals surface area contributed by atoms with Gasteiger partial charge in [0.15, 0.2) is 0 Å². The standard InChI is InChI=1S/C6H12O6S2/c1-4-5-6(11-13(2,7)8)12-14(3,9)10/h4-6H,1-3H3/b5-4+. The van der Waals surface area contributed by atoms with E-state index in [1.807, 2.05) is 0 Å². The average Bonchev–Trinajstić information content (AvgIpc) is 1.78. The first-order valence-electron chi connectivity index (χ1n) is 3.53. The van der Waals surface area contributed by atoms with Gasteiger partial charge in [0.2, 0.25) is 6.29 Å². The van der Waals surface area contributed by atoms with Crippen LogP contribution >= 0.6 is 0 Å². The second-order valence-corrected chi connectivity index (χ2v) is 5.70. The van der Waals surface area contributed by atoms with Gasteiger partial charge in [-0.2, -0.15) is 16.8 Å². The molecular formula is C6H12O6S2. The van der Waals surface area contributed by atoms with Crippen LogP contribution in [0.4, 0.5) is 0 Å². The Labute approximate surface area is 83.8 Å². The Hall–Kier alpha value is -0.440. The van der Waals surface area contributed by atoms with Crippen LogP contribution in [0.1, 0.15) is 6.92 Å². The van der Waals surface area contributed by atoms with Gasteiger partial charge in [0.05, 0.1) is 12.5 Å². The van der Waals surface area contributed by atoms with Gasteiger partial charge in [0, 0.05) is 0 Å². The van der Waals surface area contributed by atoms with Gasteiger partial charge in [-0.15, -0.1) is 0 Å². The lowest BCUT2D eigenvalue weighted by atomic mass is 10.5. The molecule has 0 aromatic heterocycles. The van der Waals surface area contributed by atoms with E-state index in [0.29, 0.717) is 0 Å². The molecule has 0 aliphatic carbocycles. The van der Waals surface area contributed by atoms with Crippen molar-refractivity contribution in [1.29, 1.82) is 0 Å². The number of hydrogen-bond donors (Lipinski definition) is 0. The van der Waals surface area contributed by atoms with E-state index in [0.717, 1.165) is 12.5 Å². The largest absolute Gasteiger partial charge is 0.267 e. The lowest BCUT2D eigenvalue weighted by Gasteiger charge is -2.10. The highest BCUT2D eigenvalue weighted by atomic mass is 32.2. The summed E-state index contributed by atoms with van der Waals surface area (Å²) in [6.07, 6.45) is 2.75. The normalized spacial score (nSPS) is 14.0. The summed E-state index contributed by atoms with van der Waals surface area (Å²) in [4.78, 5) is 0. The van der Waals surface area contributed by atoms with Crippen LogP contribution in [0.2, 0.25) is 0 Å². The smallest absolute Gasteiger partial charge is 0.233 e. The Morgan fingerprint density at radius 1 is 1.00 bits per heavy atom. The summed E-state index contributed by atoms with van der Waals surface area (Å²) in [6.45, 7) is 1.57. The molecule has 0 aromatic carbocycles. The average molecular weight is 244 g/mol. The van der Waals surface area contributed by atoms with Crippen molar-refractivity contribution in [2.24, 2.45) is 0 Å². The lowest BCUT2D eigenvalue weighted by Crippen LogP contribution is -2.21. The third kappa shape index (κ3) is 8.17. The van der Waals surface area contributed by atoms with Gasteiger partial charge in [-0.3, -0.25) is 0 Å². The summed E-state index contributed by atoms with van der Waals surface area (Å²) in [6, 6.07) is 0. The zero-order chi connectivity index (χ0) is 11.4. The Bertz CT molecular complexity index is 356. The molecule has 0 N–H and O–H groups in total. The molecule has 84 valence electrons. The minimum absolute atomic E-state index is 0.801. The monoisotopic (exact) mass is 244 g/mol. The molecule has 0 fully saturated rings. The first-order chi connectivity index (χ1) is 6.14. The van der Waals surface area contributed by atoms with Gasteiger partial charge in [-0.25, -0.2) is 8.37 Å². The zero-order valence-electron chi connectivity index (χ0n) is 8.00. The molecular weight excluding hydrogens is 232 g/mol. The molecule has 0 aliphatic heterocycles. The molecule has 0 atom stereocenters. The van der Waals surface area contributed by atoms with Crippen LogP contribution in [0, 0.1) is 0 Å². The van der Waals surface area contributed by atoms with Gasteiger partial charge in [0.25, 0.3) is 20.2 Å². The molecule has 0 heterocycles. The van der Waals surface area contributed by atoms with E-state index in [-0.39, 0.29) is 0 Å². The van der Waals surface area contributed by atoms with Gasteiger partial charge < -0.3 is 0 Å². The minimum atomic E-state index is -3.76. The van der Waals surface area contributed by atoms with Crippen LogP contribution in [0.5, 0.6) is 0 Å². The van der Waals surface area contributed by atoms with Crippen molar-refractivity contribution >= 4 is 20.2 Å². The van der Waals surface area contributed by atoms with Crippen molar-refractivity contribution < 1.29 is 25.2 Å². The fourth-order valence-electron chi connectivity index (χ4n) is 0.582. The Morgan fingerprint density at radius 2 is 1.36 bits per heavy atom. The van der Waals surface area contributed by atoms with E-state index < -0.39 is 26.5 Å². The summed E-state index contributed by atoms with van der Waals surface area (Å²) in [5.74, 6) is 0. The number of rotatable bonds is 5. The van der Waals surface area contributed by atoms with Crippen molar-refractivity contribution in [2.45, 2.75) is 13.2 Å². The van der Waals surface area contributed by atoms with Crippen molar-refractivity contribution in [2.75, 3.05) is 12.5 Å². The Balaban J connectivity index is 4.64. The van der Waals surface area contributed by atoms with E-state index in [1.165, 1.54) is 12.2 Å². The Kier molecular flexibility index (Phi) is 4.72. The van der Waals surface area contributed by atoms with Crippen LogP contribution in [0.3, 0.4) is 0 Å². The molecule has 0 aliphatic rings. The second kappa shape index (κ2) is 4.87. The van der Waals surface area contributed by atoms with Crippen LogP contribution in [-0.2, 0) is 28.6 Å². The minimum Gasteiger partial charge on any atom is -0.233 e. The summed E-state index contributed by atoms with van der Waals surface area (Å²) >= 11 is 0. The molecule has 0 aromatic rings. The molecule has 0 amide bonds. The molecule has 6 nitrogen and oxygen atoms in total. The molecule has 0 unspecified atom stereocenters. The van der Waals surface area contributed by atoms with Crippen molar-refractivity contribution in [3.63, 3.8) is 0 Å². The van der Waals surface area contributed by atoms with Crippen molar-refractivity contribution in [3.8, 4) is 0 Å². The van der Waals surface area contributed by atoms with Gasteiger partial charge in [0.1, 0.15) is 0 Å². The fraction of sp³-hybridized carbons (Fsp3) is 0.667. The van der Waals surface area contributed by atoms with Crippen molar-refractivity contribution in [1.82, 2.24) is 0 Å². The fourth-order valence-corrected chi connectivity index (χ4v) is 1.53. The highest BCUT2D eigenvalue weighted by Crippen LogP contribution is 2.05. The highest BCUT2D eigenvalue weighted by molar-refractivity contribution is 7.86. The molecule has 14 heavy (non-hydrogen) atoms. The molecule has 0 saturated heterocycles. The van der Waals surface area contributed by atoms with E-state index in [1.54, 1.807) is 6.92 Å². The number of allylic oxidation sites excluding steroid dienone is 1. The molecule has 0 radical (unpaired) electrons. The summed E-state index contributed by atoms with van der Waals surface area (Å²) in [7, 11) is -7.52.